The summed E-state index contributed by atoms with van der Waals surface area (Å²) in [5.41, 5.74) is 2.62. The van der Waals surface area contributed by atoms with Gasteiger partial charge in [0, 0.05) is 17.9 Å². The van der Waals surface area contributed by atoms with E-state index in [9.17, 15) is 4.79 Å². The first-order chi connectivity index (χ1) is 10.9. The zero-order valence-electron chi connectivity index (χ0n) is 13.8. The van der Waals surface area contributed by atoms with Crippen molar-refractivity contribution >= 4 is 17.2 Å². The minimum absolute atomic E-state index is 0.0192. The van der Waals surface area contributed by atoms with E-state index in [0.717, 1.165) is 22.1 Å². The Morgan fingerprint density at radius 1 is 1.22 bits per heavy atom. The largest absolute Gasteiger partial charge is 0.367 e. The van der Waals surface area contributed by atoms with Crippen LogP contribution in [0.4, 0.5) is 0 Å². The summed E-state index contributed by atoms with van der Waals surface area (Å²) in [5, 5.41) is 0.910. The molecule has 3 rings (SSSR count). The second-order valence-corrected chi connectivity index (χ2v) is 6.97. The van der Waals surface area contributed by atoms with E-state index in [1.807, 2.05) is 38.7 Å². The number of hydrogen-bond donors (Lipinski definition) is 0. The lowest BCUT2D eigenvalue weighted by Crippen LogP contribution is -2.42. The van der Waals surface area contributed by atoms with Crippen LogP contribution in [0.3, 0.4) is 0 Å². The predicted molar refractivity (Wildman–Crippen MR) is 87.7 cm³/mol. The highest BCUT2D eigenvalue weighted by Crippen LogP contribution is 2.24. The number of morpholine rings is 1. The molecule has 1 aliphatic rings. The Hall–Kier alpha value is -1.86. The smallest absolute Gasteiger partial charge is 0.266 e. The molecule has 0 bridgehead atoms. The summed E-state index contributed by atoms with van der Waals surface area (Å²) in [7, 11) is 0. The summed E-state index contributed by atoms with van der Waals surface area (Å²) in [5.74, 6) is 0.669. The van der Waals surface area contributed by atoms with Gasteiger partial charge in [0.05, 0.1) is 23.9 Å². The maximum Gasteiger partial charge on any atom is 0.266 e. The van der Waals surface area contributed by atoms with E-state index in [1.54, 1.807) is 0 Å². The van der Waals surface area contributed by atoms with Crippen LogP contribution < -0.4 is 0 Å². The third-order valence-corrected chi connectivity index (χ3v) is 4.80. The Balaban J connectivity index is 1.80. The summed E-state index contributed by atoms with van der Waals surface area (Å²) in [6.07, 6.45) is -0.277. The van der Waals surface area contributed by atoms with Crippen molar-refractivity contribution in [2.75, 3.05) is 19.7 Å². The molecular weight excluding hydrogens is 312 g/mol. The average Bonchev–Trinajstić information content (AvgIpc) is 2.84. The fourth-order valence-electron chi connectivity index (χ4n) is 2.76. The Labute approximate surface area is 139 Å². The molecule has 0 aromatic carbocycles. The lowest BCUT2D eigenvalue weighted by atomic mass is 10.2. The molecule has 7 heteroatoms. The lowest BCUT2D eigenvalue weighted by molar-refractivity contribution is -0.0268. The van der Waals surface area contributed by atoms with Crippen LogP contribution in [0.5, 0.6) is 0 Å². The second-order valence-electron chi connectivity index (χ2n) is 5.77. The standard InChI is InChI=1S/C16H20N4O2S/c1-9-7-10(2)18-15(17-9)13-8-20(5-6-22-13)16(21)14-11(3)19-12(4)23-14/h7,13H,5-6,8H2,1-4H3. The van der Waals surface area contributed by atoms with Gasteiger partial charge in [0.25, 0.3) is 5.91 Å². The second kappa shape index (κ2) is 6.33. The van der Waals surface area contributed by atoms with Gasteiger partial charge in [-0.15, -0.1) is 11.3 Å². The quantitative estimate of drug-likeness (QED) is 0.844. The molecule has 1 aliphatic heterocycles. The van der Waals surface area contributed by atoms with Crippen molar-refractivity contribution in [1.82, 2.24) is 19.9 Å². The number of ether oxygens (including phenoxy) is 1. The lowest BCUT2D eigenvalue weighted by Gasteiger charge is -2.32. The van der Waals surface area contributed by atoms with Crippen LogP contribution in [0.2, 0.25) is 0 Å². The molecule has 0 radical (unpaired) electrons. The van der Waals surface area contributed by atoms with Gasteiger partial charge in [-0.25, -0.2) is 15.0 Å². The van der Waals surface area contributed by atoms with Crippen molar-refractivity contribution in [3.05, 3.63) is 38.9 Å². The highest BCUT2D eigenvalue weighted by Gasteiger charge is 2.29. The normalized spacial score (nSPS) is 18.3. The van der Waals surface area contributed by atoms with Gasteiger partial charge < -0.3 is 9.64 Å². The summed E-state index contributed by atoms with van der Waals surface area (Å²) < 4.78 is 5.79. The number of rotatable bonds is 2. The Morgan fingerprint density at radius 3 is 2.52 bits per heavy atom. The molecule has 0 aliphatic carbocycles. The van der Waals surface area contributed by atoms with Crippen LogP contribution >= 0.6 is 11.3 Å². The van der Waals surface area contributed by atoms with E-state index in [2.05, 4.69) is 15.0 Å². The van der Waals surface area contributed by atoms with Gasteiger partial charge in [-0.2, -0.15) is 0 Å². The molecule has 0 spiro atoms. The fraction of sp³-hybridized carbons (Fsp3) is 0.500. The summed E-state index contributed by atoms with van der Waals surface area (Å²) in [6, 6.07) is 1.93. The number of aryl methyl sites for hydroxylation is 4. The number of nitrogens with zero attached hydrogens (tertiary/aromatic N) is 4. The Morgan fingerprint density at radius 2 is 1.91 bits per heavy atom. The molecule has 2 aromatic heterocycles. The molecule has 23 heavy (non-hydrogen) atoms. The van der Waals surface area contributed by atoms with E-state index in [4.69, 9.17) is 4.74 Å². The van der Waals surface area contributed by atoms with E-state index in [-0.39, 0.29) is 12.0 Å². The summed E-state index contributed by atoms with van der Waals surface area (Å²) in [6.45, 7) is 9.21. The highest BCUT2D eigenvalue weighted by molar-refractivity contribution is 7.13. The van der Waals surface area contributed by atoms with Crippen LogP contribution in [0.15, 0.2) is 6.07 Å². The van der Waals surface area contributed by atoms with Crippen molar-refractivity contribution in [2.24, 2.45) is 0 Å². The molecule has 0 N–H and O–H groups in total. The van der Waals surface area contributed by atoms with Crippen molar-refractivity contribution in [3.8, 4) is 0 Å². The maximum absolute atomic E-state index is 12.7. The third kappa shape index (κ3) is 3.40. The maximum atomic E-state index is 12.7. The Bertz CT molecular complexity index is 723. The van der Waals surface area contributed by atoms with Crippen molar-refractivity contribution in [1.29, 1.82) is 0 Å². The zero-order valence-corrected chi connectivity index (χ0v) is 14.6. The molecule has 3 heterocycles. The monoisotopic (exact) mass is 332 g/mol. The number of thiazole rings is 1. The van der Waals surface area contributed by atoms with Gasteiger partial charge in [-0.1, -0.05) is 0 Å². The Kier molecular flexibility index (Phi) is 4.41. The van der Waals surface area contributed by atoms with E-state index in [0.29, 0.717) is 30.4 Å². The van der Waals surface area contributed by atoms with Crippen LogP contribution in [-0.4, -0.2) is 45.5 Å². The first kappa shape index (κ1) is 16.0. The van der Waals surface area contributed by atoms with Crippen molar-refractivity contribution in [2.45, 2.75) is 33.8 Å². The van der Waals surface area contributed by atoms with Gasteiger partial charge in [0.1, 0.15) is 11.0 Å². The third-order valence-electron chi connectivity index (χ3n) is 3.74. The van der Waals surface area contributed by atoms with Crippen LogP contribution in [0.25, 0.3) is 0 Å². The van der Waals surface area contributed by atoms with Gasteiger partial charge in [0.15, 0.2) is 5.82 Å². The van der Waals surface area contributed by atoms with E-state index in [1.165, 1.54) is 11.3 Å². The van der Waals surface area contributed by atoms with Crippen molar-refractivity contribution < 1.29 is 9.53 Å². The molecule has 1 unspecified atom stereocenters. The molecule has 1 saturated heterocycles. The number of hydrogen-bond acceptors (Lipinski definition) is 6. The molecule has 1 amide bonds. The van der Waals surface area contributed by atoms with E-state index < -0.39 is 0 Å². The van der Waals surface area contributed by atoms with Crippen LogP contribution in [0.1, 0.15) is 43.7 Å². The molecule has 122 valence electrons. The molecule has 1 atom stereocenters. The highest BCUT2D eigenvalue weighted by atomic mass is 32.1. The topological polar surface area (TPSA) is 68.2 Å². The first-order valence-electron chi connectivity index (χ1n) is 7.61. The predicted octanol–water partition coefficient (Wildman–Crippen LogP) is 2.38. The van der Waals surface area contributed by atoms with Crippen LogP contribution in [0, 0.1) is 27.7 Å². The zero-order chi connectivity index (χ0) is 16.6. The number of carbonyl (C=O) groups excluding carboxylic acids is 1. The molecule has 0 saturated carbocycles. The van der Waals surface area contributed by atoms with Gasteiger partial charge >= 0.3 is 0 Å². The van der Waals surface area contributed by atoms with Crippen molar-refractivity contribution in [3.63, 3.8) is 0 Å². The number of amides is 1. The molecular formula is C16H20N4O2S. The minimum Gasteiger partial charge on any atom is -0.367 e. The van der Waals surface area contributed by atoms with Gasteiger partial charge in [-0.3, -0.25) is 4.79 Å². The number of carbonyl (C=O) groups is 1. The summed E-state index contributed by atoms with van der Waals surface area (Å²) >= 11 is 1.44. The van der Waals surface area contributed by atoms with E-state index >= 15 is 0 Å². The van der Waals surface area contributed by atoms with Gasteiger partial charge in [-0.05, 0) is 33.8 Å². The van der Waals surface area contributed by atoms with Gasteiger partial charge in [0.2, 0.25) is 0 Å². The average molecular weight is 332 g/mol. The summed E-state index contributed by atoms with van der Waals surface area (Å²) in [4.78, 5) is 28.5. The molecule has 2 aromatic rings. The van der Waals surface area contributed by atoms with Crippen LogP contribution in [-0.2, 0) is 4.74 Å². The first-order valence-corrected chi connectivity index (χ1v) is 8.43. The number of aromatic nitrogens is 3. The minimum atomic E-state index is -0.277. The SMILES string of the molecule is Cc1cc(C)nc(C2CN(C(=O)c3sc(C)nc3C)CCO2)n1. The fourth-order valence-corrected chi connectivity index (χ4v) is 3.65. The molecule has 6 nitrogen and oxygen atoms in total. The molecule has 1 fully saturated rings.